The highest BCUT2D eigenvalue weighted by Crippen LogP contribution is 2.17. The van der Waals surface area contributed by atoms with E-state index in [1.165, 1.54) is 12.1 Å². The molecule has 0 radical (unpaired) electrons. The van der Waals surface area contributed by atoms with E-state index in [-0.39, 0.29) is 11.3 Å². The Morgan fingerprint density at radius 3 is 2.27 bits per heavy atom. The van der Waals surface area contributed by atoms with Crippen molar-refractivity contribution in [3.8, 4) is 0 Å². The third-order valence-corrected chi connectivity index (χ3v) is 3.25. The predicted molar refractivity (Wildman–Crippen MR) is 83.5 cm³/mol. The van der Waals surface area contributed by atoms with Gasteiger partial charge in [0, 0.05) is 17.7 Å². The molecular formula is C17H15NO4. The summed E-state index contributed by atoms with van der Waals surface area (Å²) in [5.41, 5.74) is 1.96. The van der Waals surface area contributed by atoms with Gasteiger partial charge in [-0.05, 0) is 42.2 Å². The molecular weight excluding hydrogens is 282 g/mol. The van der Waals surface area contributed by atoms with E-state index >= 15 is 0 Å². The zero-order valence-electron chi connectivity index (χ0n) is 11.8. The van der Waals surface area contributed by atoms with Crippen molar-refractivity contribution in [2.24, 2.45) is 0 Å². The topological polar surface area (TPSA) is 80.4 Å². The van der Waals surface area contributed by atoms with Gasteiger partial charge in [0.15, 0.2) is 0 Å². The number of hydrogen-bond acceptors (Lipinski definition) is 3. The minimum atomic E-state index is -0.978. The summed E-state index contributed by atoms with van der Waals surface area (Å²) in [7, 11) is 0. The second-order valence-corrected chi connectivity index (χ2v) is 4.81. The maximum Gasteiger partial charge on any atom is 0.331 e. The highest BCUT2D eigenvalue weighted by atomic mass is 16.6. The summed E-state index contributed by atoms with van der Waals surface area (Å²) in [6.07, 6.45) is 2.58. The molecule has 0 atom stereocenters. The zero-order chi connectivity index (χ0) is 15.9. The molecule has 0 saturated heterocycles. The molecule has 0 aliphatic rings. The Morgan fingerprint density at radius 2 is 1.73 bits per heavy atom. The summed E-state index contributed by atoms with van der Waals surface area (Å²) < 4.78 is 0. The third-order valence-electron chi connectivity index (χ3n) is 3.25. The van der Waals surface area contributed by atoms with Gasteiger partial charge in [0.25, 0.3) is 5.69 Å². The average molecular weight is 297 g/mol. The van der Waals surface area contributed by atoms with Crippen LogP contribution >= 0.6 is 0 Å². The van der Waals surface area contributed by atoms with Gasteiger partial charge in [-0.2, -0.15) is 0 Å². The van der Waals surface area contributed by atoms with Crippen molar-refractivity contribution in [2.45, 2.75) is 12.8 Å². The lowest BCUT2D eigenvalue weighted by atomic mass is 10.0. The van der Waals surface area contributed by atoms with Crippen LogP contribution in [0.3, 0.4) is 0 Å². The van der Waals surface area contributed by atoms with E-state index in [0.29, 0.717) is 18.4 Å². The SMILES string of the molecule is O=C(O)C(=Cc1ccc([N+](=O)[O-])cc1)CCc1ccccc1. The standard InChI is InChI=1S/C17H15NO4/c19-17(20)15(9-6-13-4-2-1-3-5-13)12-14-7-10-16(11-8-14)18(21)22/h1-5,7-8,10-12H,6,9H2,(H,19,20). The molecule has 0 amide bonds. The van der Waals surface area contributed by atoms with Crippen molar-refractivity contribution in [3.63, 3.8) is 0 Å². The quantitative estimate of drug-likeness (QED) is 0.501. The number of nitrogens with zero attached hydrogens (tertiary/aromatic N) is 1. The molecule has 0 saturated carbocycles. The van der Waals surface area contributed by atoms with Gasteiger partial charge in [0.05, 0.1) is 4.92 Å². The number of rotatable bonds is 6. The molecule has 0 unspecified atom stereocenters. The molecule has 0 bridgehead atoms. The van der Waals surface area contributed by atoms with Crippen LogP contribution in [0, 0.1) is 10.1 Å². The number of nitro groups is 1. The second kappa shape index (κ2) is 7.17. The molecule has 2 rings (SSSR count). The molecule has 0 aromatic heterocycles. The van der Waals surface area contributed by atoms with Crippen LogP contribution in [0.15, 0.2) is 60.2 Å². The minimum absolute atomic E-state index is 0.0155. The van der Waals surface area contributed by atoms with Gasteiger partial charge in [-0.1, -0.05) is 30.3 Å². The van der Waals surface area contributed by atoms with Gasteiger partial charge >= 0.3 is 5.97 Å². The van der Waals surface area contributed by atoms with Crippen LogP contribution in [-0.2, 0) is 11.2 Å². The van der Waals surface area contributed by atoms with E-state index in [1.807, 2.05) is 30.3 Å². The number of carboxylic acid groups (broad SMARTS) is 1. The van der Waals surface area contributed by atoms with Crippen LogP contribution < -0.4 is 0 Å². The smallest absolute Gasteiger partial charge is 0.331 e. The minimum Gasteiger partial charge on any atom is -0.478 e. The van der Waals surface area contributed by atoms with Gasteiger partial charge in [-0.25, -0.2) is 4.79 Å². The van der Waals surface area contributed by atoms with Crippen LogP contribution in [0.2, 0.25) is 0 Å². The van der Waals surface area contributed by atoms with E-state index in [9.17, 15) is 20.0 Å². The van der Waals surface area contributed by atoms with Gasteiger partial charge in [-0.15, -0.1) is 0 Å². The molecule has 0 aliphatic heterocycles. The Hall–Kier alpha value is -2.95. The van der Waals surface area contributed by atoms with Crippen molar-refractivity contribution in [2.75, 3.05) is 0 Å². The number of hydrogen-bond donors (Lipinski definition) is 1. The first-order chi connectivity index (χ1) is 10.6. The maximum atomic E-state index is 11.3. The normalized spacial score (nSPS) is 11.2. The summed E-state index contributed by atoms with van der Waals surface area (Å²) in [5.74, 6) is -0.978. The number of carboxylic acids is 1. The van der Waals surface area contributed by atoms with Crippen molar-refractivity contribution >= 4 is 17.7 Å². The predicted octanol–water partition coefficient (Wildman–Crippen LogP) is 3.70. The molecule has 22 heavy (non-hydrogen) atoms. The number of nitro benzene ring substituents is 1. The summed E-state index contributed by atoms with van der Waals surface area (Å²) >= 11 is 0. The molecule has 5 heteroatoms. The second-order valence-electron chi connectivity index (χ2n) is 4.81. The summed E-state index contributed by atoms with van der Waals surface area (Å²) in [6, 6.07) is 15.5. The van der Waals surface area contributed by atoms with Gasteiger partial charge in [0.2, 0.25) is 0 Å². The Bertz CT molecular complexity index is 690. The Morgan fingerprint density at radius 1 is 1.09 bits per heavy atom. The van der Waals surface area contributed by atoms with Crippen LogP contribution in [-0.4, -0.2) is 16.0 Å². The van der Waals surface area contributed by atoms with E-state index < -0.39 is 10.9 Å². The molecule has 0 heterocycles. The average Bonchev–Trinajstić information content (AvgIpc) is 2.52. The molecule has 112 valence electrons. The fraction of sp³-hybridized carbons (Fsp3) is 0.118. The van der Waals surface area contributed by atoms with Crippen LogP contribution in [0.25, 0.3) is 6.08 Å². The summed E-state index contributed by atoms with van der Waals surface area (Å²) in [6.45, 7) is 0. The van der Waals surface area contributed by atoms with Crippen molar-refractivity contribution in [3.05, 3.63) is 81.4 Å². The van der Waals surface area contributed by atoms with Gasteiger partial charge in [-0.3, -0.25) is 10.1 Å². The lowest BCUT2D eigenvalue weighted by molar-refractivity contribution is -0.384. The molecule has 1 N–H and O–H groups in total. The van der Waals surface area contributed by atoms with Crippen molar-refractivity contribution < 1.29 is 14.8 Å². The maximum absolute atomic E-state index is 11.3. The van der Waals surface area contributed by atoms with Crippen molar-refractivity contribution in [1.82, 2.24) is 0 Å². The lowest BCUT2D eigenvalue weighted by Crippen LogP contribution is -2.02. The Kier molecular flexibility index (Phi) is 5.03. The lowest BCUT2D eigenvalue weighted by Gasteiger charge is -2.04. The van der Waals surface area contributed by atoms with Crippen LogP contribution in [0.1, 0.15) is 17.5 Å². The summed E-state index contributed by atoms with van der Waals surface area (Å²) in [5, 5.41) is 19.9. The Balaban J connectivity index is 2.13. The molecule has 0 aliphatic carbocycles. The highest BCUT2D eigenvalue weighted by Gasteiger charge is 2.09. The molecule has 5 nitrogen and oxygen atoms in total. The first kappa shape index (κ1) is 15.4. The molecule has 2 aromatic carbocycles. The highest BCUT2D eigenvalue weighted by molar-refractivity contribution is 5.92. The number of aryl methyl sites for hydroxylation is 1. The van der Waals surface area contributed by atoms with Crippen molar-refractivity contribution in [1.29, 1.82) is 0 Å². The monoisotopic (exact) mass is 297 g/mol. The third kappa shape index (κ3) is 4.28. The van der Waals surface area contributed by atoms with Crippen LogP contribution in [0.5, 0.6) is 0 Å². The first-order valence-corrected chi connectivity index (χ1v) is 6.78. The fourth-order valence-electron chi connectivity index (χ4n) is 2.06. The molecule has 0 spiro atoms. The van der Waals surface area contributed by atoms with E-state index in [1.54, 1.807) is 18.2 Å². The zero-order valence-corrected chi connectivity index (χ0v) is 11.8. The van der Waals surface area contributed by atoms with E-state index in [0.717, 1.165) is 5.56 Å². The van der Waals surface area contributed by atoms with Crippen LogP contribution in [0.4, 0.5) is 5.69 Å². The molecule has 0 fully saturated rings. The number of carbonyl (C=O) groups is 1. The number of non-ortho nitro benzene ring substituents is 1. The van der Waals surface area contributed by atoms with Gasteiger partial charge in [0.1, 0.15) is 0 Å². The first-order valence-electron chi connectivity index (χ1n) is 6.78. The number of benzene rings is 2. The summed E-state index contributed by atoms with van der Waals surface area (Å²) in [4.78, 5) is 21.4. The van der Waals surface area contributed by atoms with Gasteiger partial charge < -0.3 is 5.11 Å². The fourth-order valence-corrected chi connectivity index (χ4v) is 2.06. The molecule has 2 aromatic rings. The number of aliphatic carboxylic acids is 1. The van der Waals surface area contributed by atoms with E-state index in [2.05, 4.69) is 0 Å². The van der Waals surface area contributed by atoms with E-state index in [4.69, 9.17) is 0 Å². The largest absolute Gasteiger partial charge is 0.478 e. The Labute approximate surface area is 127 Å².